The number of sulfone groups is 1. The smallest absolute Gasteiger partial charge is 0.340 e. The van der Waals surface area contributed by atoms with E-state index in [1.54, 1.807) is 4.90 Å². The van der Waals surface area contributed by atoms with E-state index in [4.69, 9.17) is 10.8 Å². The van der Waals surface area contributed by atoms with Crippen LogP contribution in [-0.2, 0) is 9.84 Å². The third kappa shape index (κ3) is 2.62. The molecule has 1 saturated heterocycles. The third-order valence-electron chi connectivity index (χ3n) is 3.07. The molecule has 6 nitrogen and oxygen atoms in total. The highest BCUT2D eigenvalue weighted by molar-refractivity contribution is 7.91. The first-order valence-corrected chi connectivity index (χ1v) is 7.40. The number of anilines is 2. The van der Waals surface area contributed by atoms with Gasteiger partial charge in [0.15, 0.2) is 9.84 Å². The van der Waals surface area contributed by atoms with Crippen LogP contribution in [0.25, 0.3) is 0 Å². The van der Waals surface area contributed by atoms with Crippen LogP contribution < -0.4 is 10.6 Å². The minimum Gasteiger partial charge on any atom is -0.478 e. The first-order valence-electron chi connectivity index (χ1n) is 5.58. The Hall–Kier alpha value is -1.83. The summed E-state index contributed by atoms with van der Waals surface area (Å²) < 4.78 is 36.0. The van der Waals surface area contributed by atoms with Gasteiger partial charge in [0.1, 0.15) is 11.4 Å². The van der Waals surface area contributed by atoms with E-state index in [2.05, 4.69) is 0 Å². The molecule has 1 heterocycles. The number of hydrogen-bond donors (Lipinski definition) is 2. The van der Waals surface area contributed by atoms with Crippen LogP contribution in [-0.4, -0.2) is 44.1 Å². The Morgan fingerprint density at radius 3 is 2.42 bits per heavy atom. The summed E-state index contributed by atoms with van der Waals surface area (Å²) in [5.74, 6) is -2.24. The maximum atomic E-state index is 13.3. The number of hydrogen-bond acceptors (Lipinski definition) is 5. The second-order valence-electron chi connectivity index (χ2n) is 4.30. The normalized spacial score (nSPS) is 18.3. The molecule has 0 aromatic heterocycles. The number of rotatable bonds is 2. The van der Waals surface area contributed by atoms with Crippen LogP contribution in [0.5, 0.6) is 0 Å². The molecule has 0 radical (unpaired) electrons. The largest absolute Gasteiger partial charge is 0.478 e. The van der Waals surface area contributed by atoms with Crippen molar-refractivity contribution < 1.29 is 22.7 Å². The molecule has 0 bridgehead atoms. The van der Waals surface area contributed by atoms with Crippen LogP contribution in [0.15, 0.2) is 12.1 Å². The molecule has 1 aromatic carbocycles. The Kier molecular flexibility index (Phi) is 3.36. The number of halogens is 1. The number of nitrogens with two attached hydrogens (primary N) is 1. The van der Waals surface area contributed by atoms with Gasteiger partial charge in [0.05, 0.1) is 22.9 Å². The molecule has 8 heteroatoms. The van der Waals surface area contributed by atoms with Crippen LogP contribution in [0, 0.1) is 5.82 Å². The van der Waals surface area contributed by atoms with Gasteiger partial charge in [-0.05, 0) is 12.1 Å². The average molecular weight is 288 g/mol. The number of carbonyl (C=O) groups is 1. The lowest BCUT2D eigenvalue weighted by atomic mass is 10.1. The van der Waals surface area contributed by atoms with E-state index in [0.29, 0.717) is 0 Å². The second kappa shape index (κ2) is 4.69. The molecule has 3 N–H and O–H groups in total. The van der Waals surface area contributed by atoms with Crippen molar-refractivity contribution >= 4 is 27.2 Å². The number of benzene rings is 1. The lowest BCUT2D eigenvalue weighted by Gasteiger charge is -2.30. The SMILES string of the molecule is Nc1c(F)ccc(N2CCS(=O)(=O)CC2)c1C(=O)O. The quantitative estimate of drug-likeness (QED) is 0.761. The molecular weight excluding hydrogens is 275 g/mol. The van der Waals surface area contributed by atoms with Gasteiger partial charge in [-0.2, -0.15) is 0 Å². The fourth-order valence-corrected chi connectivity index (χ4v) is 3.23. The molecule has 0 saturated carbocycles. The molecule has 104 valence electrons. The van der Waals surface area contributed by atoms with Crippen LogP contribution >= 0.6 is 0 Å². The molecule has 1 fully saturated rings. The predicted octanol–water partition coefficient (Wildman–Crippen LogP) is 0.341. The van der Waals surface area contributed by atoms with Gasteiger partial charge >= 0.3 is 5.97 Å². The minimum absolute atomic E-state index is 0.0522. The fraction of sp³-hybridized carbons (Fsp3) is 0.364. The van der Waals surface area contributed by atoms with Gasteiger partial charge in [0.2, 0.25) is 0 Å². The number of nitrogen functional groups attached to an aromatic ring is 1. The summed E-state index contributed by atoms with van der Waals surface area (Å²) in [6.45, 7) is 0.349. The Bertz CT molecular complexity index is 616. The minimum atomic E-state index is -3.07. The monoisotopic (exact) mass is 288 g/mol. The van der Waals surface area contributed by atoms with Gasteiger partial charge in [0, 0.05) is 13.1 Å². The molecule has 0 atom stereocenters. The van der Waals surface area contributed by atoms with Crippen LogP contribution in [0.2, 0.25) is 0 Å². The van der Waals surface area contributed by atoms with Gasteiger partial charge in [0.25, 0.3) is 0 Å². The maximum absolute atomic E-state index is 13.3. The third-order valence-corrected chi connectivity index (χ3v) is 4.68. The molecule has 0 amide bonds. The highest BCUT2D eigenvalue weighted by Crippen LogP contribution is 2.29. The Morgan fingerprint density at radius 2 is 1.89 bits per heavy atom. The topological polar surface area (TPSA) is 101 Å². The van der Waals surface area contributed by atoms with Crippen molar-refractivity contribution in [3.8, 4) is 0 Å². The first-order chi connectivity index (χ1) is 8.82. The highest BCUT2D eigenvalue weighted by atomic mass is 32.2. The molecule has 1 aromatic rings. The van der Waals surface area contributed by atoms with E-state index < -0.39 is 27.3 Å². The number of carboxylic acid groups (broad SMARTS) is 1. The standard InChI is InChI=1S/C11H13FN2O4S/c12-7-1-2-8(9(10(7)13)11(15)16)14-3-5-19(17,18)6-4-14/h1-2H,3-6,13H2,(H,15,16). The van der Waals surface area contributed by atoms with Crippen LogP contribution in [0.3, 0.4) is 0 Å². The van der Waals surface area contributed by atoms with E-state index in [1.807, 2.05) is 0 Å². The van der Waals surface area contributed by atoms with Crippen molar-refractivity contribution in [2.24, 2.45) is 0 Å². The Balaban J connectivity index is 2.41. The Labute approximate surface area is 109 Å². The van der Waals surface area contributed by atoms with E-state index in [0.717, 1.165) is 6.07 Å². The molecular formula is C11H13FN2O4S. The predicted molar refractivity (Wildman–Crippen MR) is 68.6 cm³/mol. The summed E-state index contributed by atoms with van der Waals surface area (Å²) in [5.41, 5.74) is 4.94. The summed E-state index contributed by atoms with van der Waals surface area (Å²) >= 11 is 0. The number of carboxylic acids is 1. The molecule has 2 rings (SSSR count). The summed E-state index contributed by atoms with van der Waals surface area (Å²) in [7, 11) is -3.07. The van der Waals surface area contributed by atoms with Crippen LogP contribution in [0.1, 0.15) is 10.4 Å². The number of aromatic carboxylic acids is 1. The van der Waals surface area contributed by atoms with Gasteiger partial charge in [-0.1, -0.05) is 0 Å². The van der Waals surface area contributed by atoms with E-state index in [1.165, 1.54) is 6.07 Å². The summed E-state index contributed by atoms with van der Waals surface area (Å²) in [6.07, 6.45) is 0. The molecule has 19 heavy (non-hydrogen) atoms. The van der Waals surface area contributed by atoms with E-state index in [9.17, 15) is 17.6 Å². The summed E-state index contributed by atoms with van der Waals surface area (Å²) in [5, 5.41) is 9.11. The van der Waals surface area contributed by atoms with Crippen molar-refractivity contribution in [2.45, 2.75) is 0 Å². The average Bonchev–Trinajstić information content (AvgIpc) is 2.32. The lowest BCUT2D eigenvalue weighted by molar-refractivity contribution is 0.0698. The van der Waals surface area contributed by atoms with Gasteiger partial charge in [-0.15, -0.1) is 0 Å². The highest BCUT2D eigenvalue weighted by Gasteiger charge is 2.26. The van der Waals surface area contributed by atoms with Crippen molar-refractivity contribution in [3.05, 3.63) is 23.5 Å². The summed E-state index contributed by atoms with van der Waals surface area (Å²) in [6, 6.07) is 2.40. The molecule has 0 spiro atoms. The van der Waals surface area contributed by atoms with Crippen LogP contribution in [0.4, 0.5) is 15.8 Å². The zero-order valence-corrected chi connectivity index (χ0v) is 10.8. The van der Waals surface area contributed by atoms with Gasteiger partial charge in [-0.25, -0.2) is 17.6 Å². The van der Waals surface area contributed by atoms with Crippen molar-refractivity contribution in [2.75, 3.05) is 35.2 Å². The van der Waals surface area contributed by atoms with Crippen molar-refractivity contribution in [1.82, 2.24) is 0 Å². The number of nitrogens with zero attached hydrogens (tertiary/aromatic N) is 1. The summed E-state index contributed by atoms with van der Waals surface area (Å²) in [4.78, 5) is 12.8. The van der Waals surface area contributed by atoms with Gasteiger partial charge in [-0.3, -0.25) is 0 Å². The Morgan fingerprint density at radius 1 is 1.32 bits per heavy atom. The van der Waals surface area contributed by atoms with E-state index >= 15 is 0 Å². The second-order valence-corrected chi connectivity index (χ2v) is 6.60. The fourth-order valence-electron chi connectivity index (χ4n) is 2.02. The molecule has 0 aliphatic carbocycles. The zero-order valence-electron chi connectivity index (χ0n) is 9.97. The molecule has 1 aliphatic rings. The molecule has 0 unspecified atom stereocenters. The van der Waals surface area contributed by atoms with Gasteiger partial charge < -0.3 is 15.7 Å². The lowest BCUT2D eigenvalue weighted by Crippen LogP contribution is -2.41. The van der Waals surface area contributed by atoms with Crippen molar-refractivity contribution in [1.29, 1.82) is 0 Å². The zero-order chi connectivity index (χ0) is 14.2. The van der Waals surface area contributed by atoms with Crippen molar-refractivity contribution in [3.63, 3.8) is 0 Å². The van der Waals surface area contributed by atoms with E-state index in [-0.39, 0.29) is 35.8 Å². The first kappa shape index (κ1) is 13.6. The maximum Gasteiger partial charge on any atom is 0.340 e. The molecule has 1 aliphatic heterocycles.